The lowest BCUT2D eigenvalue weighted by Gasteiger charge is -2.29. The van der Waals surface area contributed by atoms with E-state index < -0.39 is 8.07 Å². The summed E-state index contributed by atoms with van der Waals surface area (Å²) in [5.74, 6) is 0.805. The Morgan fingerprint density at radius 2 is 1.50 bits per heavy atom. The van der Waals surface area contributed by atoms with Crippen molar-refractivity contribution in [1.29, 1.82) is 0 Å². The van der Waals surface area contributed by atoms with Crippen LogP contribution in [-0.4, -0.2) is 20.2 Å². The predicted molar refractivity (Wildman–Crippen MR) is 81.3 cm³/mol. The third-order valence-electron chi connectivity index (χ3n) is 4.72. The molecule has 3 atom stereocenters. The Labute approximate surface area is 112 Å². The van der Waals surface area contributed by atoms with Gasteiger partial charge in [0.05, 0.1) is 8.07 Å². The van der Waals surface area contributed by atoms with E-state index in [2.05, 4.69) is 49.2 Å². The van der Waals surface area contributed by atoms with E-state index in [1.807, 2.05) is 0 Å². The monoisotopic (exact) mass is 259 g/mol. The summed E-state index contributed by atoms with van der Waals surface area (Å²) >= 11 is 0. The number of benzene rings is 1. The second kappa shape index (κ2) is 4.50. The number of hydrogen-bond acceptors (Lipinski definition) is 1. The first-order valence-electron chi connectivity index (χ1n) is 7.39. The van der Waals surface area contributed by atoms with Gasteiger partial charge in [-0.1, -0.05) is 49.1 Å². The molecule has 1 unspecified atom stereocenters. The van der Waals surface area contributed by atoms with Gasteiger partial charge in [0, 0.05) is 12.1 Å². The van der Waals surface area contributed by atoms with Gasteiger partial charge in [0.25, 0.3) is 0 Å². The third kappa shape index (κ3) is 2.41. The minimum Gasteiger partial charge on any atom is -0.311 e. The van der Waals surface area contributed by atoms with Crippen LogP contribution in [-0.2, 0) is 0 Å². The van der Waals surface area contributed by atoms with Crippen molar-refractivity contribution in [3.63, 3.8) is 0 Å². The molecule has 2 bridgehead atoms. The summed E-state index contributed by atoms with van der Waals surface area (Å²) in [4.78, 5) is 0. The van der Waals surface area contributed by atoms with Crippen molar-refractivity contribution in [2.45, 2.75) is 63.3 Å². The van der Waals surface area contributed by atoms with Gasteiger partial charge in [-0.2, -0.15) is 0 Å². The van der Waals surface area contributed by atoms with Crippen molar-refractivity contribution in [3.05, 3.63) is 29.8 Å². The van der Waals surface area contributed by atoms with Crippen molar-refractivity contribution in [1.82, 2.24) is 5.32 Å². The maximum absolute atomic E-state index is 3.73. The summed E-state index contributed by atoms with van der Waals surface area (Å²) in [6, 6.07) is 11.2. The van der Waals surface area contributed by atoms with E-state index in [0.29, 0.717) is 0 Å². The van der Waals surface area contributed by atoms with E-state index in [1.54, 1.807) is 10.8 Å². The summed E-state index contributed by atoms with van der Waals surface area (Å²) in [5, 5.41) is 5.32. The van der Waals surface area contributed by atoms with E-state index in [1.165, 1.54) is 25.7 Å². The molecule has 2 heteroatoms. The Kier molecular flexibility index (Phi) is 3.11. The Balaban J connectivity index is 1.77. The number of nitrogens with one attached hydrogen (secondary N) is 1. The van der Waals surface area contributed by atoms with Gasteiger partial charge in [0.2, 0.25) is 0 Å². The van der Waals surface area contributed by atoms with Gasteiger partial charge >= 0.3 is 0 Å². The fourth-order valence-corrected chi connectivity index (χ4v) is 4.75. The van der Waals surface area contributed by atoms with Crippen LogP contribution in [0.3, 0.4) is 0 Å². The summed E-state index contributed by atoms with van der Waals surface area (Å²) in [6.07, 6.45) is 5.49. The first-order chi connectivity index (χ1) is 8.52. The fraction of sp³-hybridized carbons (Fsp3) is 0.625. The Morgan fingerprint density at radius 3 is 2.00 bits per heavy atom. The van der Waals surface area contributed by atoms with E-state index >= 15 is 0 Å². The number of fused-ring (bicyclic) bond motifs is 2. The Bertz CT molecular complexity index is 406. The molecule has 1 N–H and O–H groups in total. The SMILES string of the molecule is C[Si](C)(C)c1ccc(C2C[C@H]3CC[C@@H](C2)N3)cc1. The largest absolute Gasteiger partial charge is 0.311 e. The lowest BCUT2D eigenvalue weighted by Crippen LogP contribution is -2.38. The molecule has 2 aliphatic heterocycles. The lowest BCUT2D eigenvalue weighted by molar-refractivity contribution is 0.363. The molecule has 0 radical (unpaired) electrons. The first-order valence-corrected chi connectivity index (χ1v) is 10.9. The number of rotatable bonds is 2. The smallest absolute Gasteiger partial charge is 0.0775 e. The summed E-state index contributed by atoms with van der Waals surface area (Å²) in [7, 11) is -1.13. The van der Waals surface area contributed by atoms with Crippen LogP contribution in [0, 0.1) is 0 Å². The number of hydrogen-bond donors (Lipinski definition) is 1. The van der Waals surface area contributed by atoms with Crippen LogP contribution in [0.2, 0.25) is 19.6 Å². The second-order valence-electron chi connectivity index (χ2n) is 7.18. The minimum atomic E-state index is -1.13. The fourth-order valence-electron chi connectivity index (χ4n) is 3.58. The molecule has 0 aliphatic carbocycles. The van der Waals surface area contributed by atoms with Crippen LogP contribution in [0.1, 0.15) is 37.2 Å². The van der Waals surface area contributed by atoms with Gasteiger partial charge in [-0.05, 0) is 37.2 Å². The molecule has 0 aromatic heterocycles. The van der Waals surface area contributed by atoms with E-state index in [9.17, 15) is 0 Å². The van der Waals surface area contributed by atoms with Crippen LogP contribution >= 0.6 is 0 Å². The van der Waals surface area contributed by atoms with Crippen LogP contribution in [0.5, 0.6) is 0 Å². The summed E-state index contributed by atoms with van der Waals surface area (Å²) in [5.41, 5.74) is 1.58. The van der Waals surface area contributed by atoms with Crippen molar-refractivity contribution < 1.29 is 0 Å². The molecule has 2 heterocycles. The average Bonchev–Trinajstić information content (AvgIpc) is 2.67. The van der Waals surface area contributed by atoms with Gasteiger partial charge in [0.15, 0.2) is 0 Å². The Morgan fingerprint density at radius 1 is 0.944 bits per heavy atom. The van der Waals surface area contributed by atoms with Gasteiger partial charge in [-0.15, -0.1) is 0 Å². The van der Waals surface area contributed by atoms with E-state index in [0.717, 1.165) is 18.0 Å². The predicted octanol–water partition coefficient (Wildman–Crippen LogP) is 3.23. The highest BCUT2D eigenvalue weighted by Crippen LogP contribution is 2.36. The minimum absolute atomic E-state index is 0.797. The molecule has 98 valence electrons. The van der Waals surface area contributed by atoms with Gasteiger partial charge in [-0.25, -0.2) is 0 Å². The molecule has 3 rings (SSSR count). The van der Waals surface area contributed by atoms with Crippen molar-refractivity contribution in [2.75, 3.05) is 0 Å². The topological polar surface area (TPSA) is 12.0 Å². The molecule has 2 aliphatic rings. The highest BCUT2D eigenvalue weighted by Gasteiger charge is 2.33. The van der Waals surface area contributed by atoms with Crippen molar-refractivity contribution in [3.8, 4) is 0 Å². The Hall–Kier alpha value is -0.603. The normalized spacial score (nSPS) is 31.6. The molecule has 2 fully saturated rings. The molecule has 1 aromatic rings. The van der Waals surface area contributed by atoms with E-state index in [4.69, 9.17) is 0 Å². The maximum Gasteiger partial charge on any atom is 0.0775 e. The number of piperidine rings is 1. The standard InChI is InChI=1S/C16H25NSi/c1-18(2,3)16-8-4-12(5-9-16)13-10-14-6-7-15(11-13)17-14/h4-5,8-9,13-15,17H,6-7,10-11H2,1-3H3/t13?,14-,15+. The molecule has 0 amide bonds. The second-order valence-corrected chi connectivity index (χ2v) is 12.3. The highest BCUT2D eigenvalue weighted by atomic mass is 28.3. The lowest BCUT2D eigenvalue weighted by atomic mass is 9.86. The first kappa shape index (κ1) is 12.4. The molecule has 0 spiro atoms. The third-order valence-corrected chi connectivity index (χ3v) is 6.79. The molecular weight excluding hydrogens is 234 g/mol. The summed E-state index contributed by atoms with van der Waals surface area (Å²) < 4.78 is 0. The van der Waals surface area contributed by atoms with Crippen molar-refractivity contribution >= 4 is 13.3 Å². The average molecular weight is 259 g/mol. The van der Waals surface area contributed by atoms with Crippen LogP contribution in [0.25, 0.3) is 0 Å². The van der Waals surface area contributed by atoms with Crippen LogP contribution < -0.4 is 10.5 Å². The molecule has 1 aromatic carbocycles. The van der Waals surface area contributed by atoms with Gasteiger partial charge in [0.1, 0.15) is 0 Å². The summed E-state index contributed by atoms with van der Waals surface area (Å²) in [6.45, 7) is 7.27. The molecule has 1 nitrogen and oxygen atoms in total. The van der Waals surface area contributed by atoms with E-state index in [-0.39, 0.29) is 0 Å². The zero-order valence-electron chi connectivity index (χ0n) is 11.9. The zero-order valence-corrected chi connectivity index (χ0v) is 12.9. The van der Waals surface area contributed by atoms with Crippen molar-refractivity contribution in [2.24, 2.45) is 0 Å². The zero-order chi connectivity index (χ0) is 12.8. The van der Waals surface area contributed by atoms with Crippen LogP contribution in [0.4, 0.5) is 0 Å². The quantitative estimate of drug-likeness (QED) is 0.804. The highest BCUT2D eigenvalue weighted by molar-refractivity contribution is 6.88. The molecule has 0 saturated carbocycles. The van der Waals surface area contributed by atoms with Gasteiger partial charge in [-0.3, -0.25) is 0 Å². The molecule has 18 heavy (non-hydrogen) atoms. The van der Waals surface area contributed by atoms with Crippen LogP contribution in [0.15, 0.2) is 24.3 Å². The molecule has 2 saturated heterocycles. The van der Waals surface area contributed by atoms with Gasteiger partial charge < -0.3 is 5.32 Å². The maximum atomic E-state index is 3.73. The molecular formula is C16H25NSi.